The van der Waals surface area contributed by atoms with Crippen LogP contribution in [-0.4, -0.2) is 44.4 Å². The Bertz CT molecular complexity index is 549. The summed E-state index contributed by atoms with van der Waals surface area (Å²) in [5.74, 6) is 0. The summed E-state index contributed by atoms with van der Waals surface area (Å²) in [6.45, 7) is 1.46. The Morgan fingerprint density at radius 3 is 2.82 bits per heavy atom. The van der Waals surface area contributed by atoms with Crippen LogP contribution >= 0.6 is 0 Å². The smallest absolute Gasteiger partial charge is 0.382 e. The van der Waals surface area contributed by atoms with E-state index in [-0.39, 0.29) is 11.8 Å². The molecular formula is C13H15F3N2O4. The minimum Gasteiger partial charge on any atom is -0.382 e. The molecule has 0 aliphatic carbocycles. The molecule has 0 amide bonds. The third-order valence-electron chi connectivity index (χ3n) is 3.34. The average Bonchev–Trinajstić information content (AvgIpc) is 2.46. The Balaban J connectivity index is 2.30. The summed E-state index contributed by atoms with van der Waals surface area (Å²) < 4.78 is 49.4. The van der Waals surface area contributed by atoms with E-state index in [2.05, 4.69) is 0 Å². The molecule has 1 aromatic carbocycles. The van der Waals surface area contributed by atoms with Crippen LogP contribution in [0.3, 0.4) is 0 Å². The third kappa shape index (κ3) is 3.66. The fraction of sp³-hybridized carbons (Fsp3) is 0.538. The maximum atomic E-state index is 13.0. The van der Waals surface area contributed by atoms with Crippen LogP contribution in [-0.2, 0) is 15.7 Å². The van der Waals surface area contributed by atoms with Gasteiger partial charge in [-0.15, -0.1) is 0 Å². The molecule has 1 aromatic rings. The first-order valence-electron chi connectivity index (χ1n) is 6.54. The second kappa shape index (κ2) is 6.49. The van der Waals surface area contributed by atoms with Crippen LogP contribution in [0.4, 0.5) is 24.5 Å². The molecule has 1 fully saturated rings. The number of benzene rings is 1. The first-order valence-corrected chi connectivity index (χ1v) is 6.54. The quantitative estimate of drug-likeness (QED) is 0.630. The number of nitro benzene ring substituents is 1. The number of nitrogens with zero attached hydrogens (tertiary/aromatic N) is 2. The number of alkyl halides is 3. The normalized spacial score (nSPS) is 19.3. The number of ether oxygens (including phenoxy) is 2. The summed E-state index contributed by atoms with van der Waals surface area (Å²) >= 11 is 0. The van der Waals surface area contributed by atoms with Crippen LogP contribution in [0.2, 0.25) is 0 Å². The van der Waals surface area contributed by atoms with E-state index in [9.17, 15) is 23.3 Å². The zero-order valence-electron chi connectivity index (χ0n) is 11.8. The van der Waals surface area contributed by atoms with Crippen molar-refractivity contribution in [2.45, 2.75) is 12.3 Å². The first kappa shape index (κ1) is 16.5. The van der Waals surface area contributed by atoms with Gasteiger partial charge < -0.3 is 14.4 Å². The molecule has 1 atom stereocenters. The molecular weight excluding hydrogens is 305 g/mol. The molecule has 1 aliphatic rings. The van der Waals surface area contributed by atoms with Crippen molar-refractivity contribution in [2.24, 2.45) is 0 Å². The first-order chi connectivity index (χ1) is 10.3. The maximum absolute atomic E-state index is 13.0. The number of morpholine rings is 1. The maximum Gasteiger partial charge on any atom is 0.423 e. The van der Waals surface area contributed by atoms with Crippen LogP contribution in [0.5, 0.6) is 0 Å². The highest BCUT2D eigenvalue weighted by Crippen LogP contribution is 2.38. The highest BCUT2D eigenvalue weighted by Gasteiger charge is 2.39. The van der Waals surface area contributed by atoms with Crippen molar-refractivity contribution in [2.75, 3.05) is 38.3 Å². The van der Waals surface area contributed by atoms with E-state index in [0.717, 1.165) is 12.1 Å². The van der Waals surface area contributed by atoms with Gasteiger partial charge in [0.05, 0.1) is 24.2 Å². The number of anilines is 1. The standard InChI is InChI=1S/C13H15F3N2O4/c1-21-8-10-7-17(4-5-22-10)9-2-3-12(18(19)20)11(6-9)13(14,15)16/h2-3,6,10H,4-5,7-8H2,1H3. The number of halogens is 3. The lowest BCUT2D eigenvalue weighted by atomic mass is 10.1. The van der Waals surface area contributed by atoms with E-state index in [1.165, 1.54) is 13.2 Å². The van der Waals surface area contributed by atoms with Crippen LogP contribution in [0.25, 0.3) is 0 Å². The summed E-state index contributed by atoms with van der Waals surface area (Å²) in [5.41, 5.74) is -1.91. The second-order valence-corrected chi connectivity index (χ2v) is 4.85. The Morgan fingerprint density at radius 1 is 1.50 bits per heavy atom. The molecule has 1 unspecified atom stereocenters. The van der Waals surface area contributed by atoms with Gasteiger partial charge in [-0.25, -0.2) is 0 Å². The molecule has 1 aliphatic heterocycles. The SMILES string of the molecule is COCC1CN(c2ccc([N+](=O)[O-])c(C(F)(F)F)c2)CCO1. The van der Waals surface area contributed by atoms with E-state index >= 15 is 0 Å². The van der Waals surface area contributed by atoms with E-state index < -0.39 is 22.4 Å². The number of hydrogen-bond acceptors (Lipinski definition) is 5. The fourth-order valence-corrected chi connectivity index (χ4v) is 2.35. The fourth-order valence-electron chi connectivity index (χ4n) is 2.35. The van der Waals surface area contributed by atoms with Gasteiger partial charge in [0.1, 0.15) is 5.56 Å². The lowest BCUT2D eigenvalue weighted by molar-refractivity contribution is -0.388. The van der Waals surface area contributed by atoms with Crippen molar-refractivity contribution in [3.8, 4) is 0 Å². The summed E-state index contributed by atoms with van der Waals surface area (Å²) in [7, 11) is 1.51. The Morgan fingerprint density at radius 2 is 2.23 bits per heavy atom. The number of rotatable bonds is 4. The van der Waals surface area contributed by atoms with Crippen LogP contribution in [0.1, 0.15) is 5.56 Å². The molecule has 0 bridgehead atoms. The molecule has 22 heavy (non-hydrogen) atoms. The van der Waals surface area contributed by atoms with Gasteiger partial charge in [-0.1, -0.05) is 0 Å². The predicted octanol–water partition coefficient (Wildman–Crippen LogP) is 2.47. The van der Waals surface area contributed by atoms with Gasteiger partial charge >= 0.3 is 6.18 Å². The lowest BCUT2D eigenvalue weighted by Crippen LogP contribution is -2.44. The van der Waals surface area contributed by atoms with E-state index in [1.54, 1.807) is 4.90 Å². The van der Waals surface area contributed by atoms with Gasteiger partial charge in [0.25, 0.3) is 5.69 Å². The molecule has 0 spiro atoms. The van der Waals surface area contributed by atoms with E-state index in [0.29, 0.717) is 26.3 Å². The average molecular weight is 320 g/mol. The highest BCUT2D eigenvalue weighted by atomic mass is 19.4. The van der Waals surface area contributed by atoms with Gasteiger partial charge in [-0.3, -0.25) is 10.1 Å². The number of nitro groups is 1. The topological polar surface area (TPSA) is 64.8 Å². The highest BCUT2D eigenvalue weighted by molar-refractivity contribution is 5.57. The summed E-state index contributed by atoms with van der Waals surface area (Å²) in [6, 6.07) is 3.02. The molecule has 0 aromatic heterocycles. The van der Waals surface area contributed by atoms with Crippen LogP contribution in [0, 0.1) is 10.1 Å². The summed E-state index contributed by atoms with van der Waals surface area (Å²) in [6.07, 6.45) is -5.03. The molecule has 0 radical (unpaired) electrons. The molecule has 1 heterocycles. The number of methoxy groups -OCH3 is 1. The van der Waals surface area contributed by atoms with E-state index in [4.69, 9.17) is 9.47 Å². The van der Waals surface area contributed by atoms with Crippen molar-refractivity contribution in [1.82, 2.24) is 0 Å². The molecule has 1 saturated heterocycles. The zero-order chi connectivity index (χ0) is 16.3. The molecule has 9 heteroatoms. The summed E-state index contributed by atoms with van der Waals surface area (Å²) in [5, 5.41) is 10.7. The molecule has 122 valence electrons. The van der Waals surface area contributed by atoms with Crippen molar-refractivity contribution in [3.63, 3.8) is 0 Å². The second-order valence-electron chi connectivity index (χ2n) is 4.85. The monoisotopic (exact) mass is 320 g/mol. The Labute approximate surface area is 124 Å². The summed E-state index contributed by atoms with van der Waals surface area (Å²) in [4.78, 5) is 11.4. The minimum atomic E-state index is -4.78. The van der Waals surface area contributed by atoms with E-state index in [1.807, 2.05) is 0 Å². The number of hydrogen-bond donors (Lipinski definition) is 0. The van der Waals surface area contributed by atoms with Crippen molar-refractivity contribution >= 4 is 11.4 Å². The van der Waals surface area contributed by atoms with Crippen molar-refractivity contribution in [1.29, 1.82) is 0 Å². The molecule has 0 N–H and O–H groups in total. The third-order valence-corrected chi connectivity index (χ3v) is 3.34. The van der Waals surface area contributed by atoms with Gasteiger partial charge in [0.15, 0.2) is 0 Å². The van der Waals surface area contributed by atoms with Crippen molar-refractivity contribution < 1.29 is 27.6 Å². The van der Waals surface area contributed by atoms with Gasteiger partial charge in [0.2, 0.25) is 0 Å². The Kier molecular flexibility index (Phi) is 4.87. The zero-order valence-corrected chi connectivity index (χ0v) is 11.8. The van der Waals surface area contributed by atoms with Crippen LogP contribution in [0.15, 0.2) is 18.2 Å². The van der Waals surface area contributed by atoms with Gasteiger partial charge in [-0.2, -0.15) is 13.2 Å². The molecule has 6 nitrogen and oxygen atoms in total. The molecule has 0 saturated carbocycles. The van der Waals surface area contributed by atoms with Crippen molar-refractivity contribution in [3.05, 3.63) is 33.9 Å². The Hall–Kier alpha value is -1.87. The molecule has 2 rings (SSSR count). The minimum absolute atomic E-state index is 0.247. The van der Waals surface area contributed by atoms with Crippen LogP contribution < -0.4 is 4.90 Å². The predicted molar refractivity (Wildman–Crippen MR) is 71.9 cm³/mol. The largest absolute Gasteiger partial charge is 0.423 e. The lowest BCUT2D eigenvalue weighted by Gasteiger charge is -2.34. The van der Waals surface area contributed by atoms with Gasteiger partial charge in [0, 0.05) is 32.0 Å². The van der Waals surface area contributed by atoms with Gasteiger partial charge in [-0.05, 0) is 12.1 Å².